The van der Waals surface area contributed by atoms with Crippen molar-refractivity contribution in [1.82, 2.24) is 0 Å². The predicted octanol–water partition coefficient (Wildman–Crippen LogP) is 5.10. The molecule has 0 saturated heterocycles. The van der Waals surface area contributed by atoms with Crippen LogP contribution in [0.3, 0.4) is 0 Å². The lowest BCUT2D eigenvalue weighted by Gasteiger charge is -2.26. The van der Waals surface area contributed by atoms with Crippen LogP contribution in [0, 0.1) is 13.8 Å². The SMILES string of the molecule is Cc1cc2c(c(C3CCCCC3=O)c1C)Cc1ccccc1-2. The average molecular weight is 290 g/mol. The lowest BCUT2D eigenvalue weighted by Crippen LogP contribution is -2.20. The van der Waals surface area contributed by atoms with E-state index in [2.05, 4.69) is 44.2 Å². The topological polar surface area (TPSA) is 17.1 Å². The van der Waals surface area contributed by atoms with Gasteiger partial charge in [-0.2, -0.15) is 0 Å². The van der Waals surface area contributed by atoms with Gasteiger partial charge in [-0.25, -0.2) is 0 Å². The van der Waals surface area contributed by atoms with E-state index in [0.717, 1.165) is 25.7 Å². The van der Waals surface area contributed by atoms with Gasteiger partial charge in [0.25, 0.3) is 0 Å². The molecule has 0 aliphatic heterocycles. The van der Waals surface area contributed by atoms with Gasteiger partial charge in [-0.05, 0) is 72.1 Å². The quantitative estimate of drug-likeness (QED) is 0.609. The van der Waals surface area contributed by atoms with Crippen molar-refractivity contribution in [2.24, 2.45) is 0 Å². The molecule has 1 unspecified atom stereocenters. The predicted molar refractivity (Wildman–Crippen MR) is 90.4 cm³/mol. The van der Waals surface area contributed by atoms with Crippen LogP contribution in [-0.2, 0) is 11.2 Å². The molecule has 1 heteroatoms. The van der Waals surface area contributed by atoms with Crippen molar-refractivity contribution in [3.05, 3.63) is 58.1 Å². The molecule has 2 aliphatic rings. The maximum atomic E-state index is 12.5. The third-order valence-electron chi connectivity index (χ3n) is 5.58. The smallest absolute Gasteiger partial charge is 0.140 e. The van der Waals surface area contributed by atoms with E-state index in [0.29, 0.717) is 5.78 Å². The minimum absolute atomic E-state index is 0.136. The largest absolute Gasteiger partial charge is 0.299 e. The number of carbonyl (C=O) groups is 1. The second-order valence-corrected chi connectivity index (χ2v) is 6.86. The highest BCUT2D eigenvalue weighted by atomic mass is 16.1. The van der Waals surface area contributed by atoms with E-state index in [1.54, 1.807) is 0 Å². The van der Waals surface area contributed by atoms with Crippen LogP contribution >= 0.6 is 0 Å². The standard InChI is InChI=1S/C21H22O/c1-13-11-18-16-8-4-3-7-15(16)12-19(18)21(14(13)2)17-9-5-6-10-20(17)22/h3-4,7-8,11,17H,5-6,9-10,12H2,1-2H3. The molecule has 1 nitrogen and oxygen atoms in total. The highest BCUT2D eigenvalue weighted by molar-refractivity contribution is 5.89. The van der Waals surface area contributed by atoms with Crippen LogP contribution in [-0.4, -0.2) is 5.78 Å². The van der Waals surface area contributed by atoms with E-state index in [4.69, 9.17) is 0 Å². The van der Waals surface area contributed by atoms with Crippen LogP contribution in [0.1, 0.15) is 59.4 Å². The molecule has 22 heavy (non-hydrogen) atoms. The van der Waals surface area contributed by atoms with Gasteiger partial charge in [0.15, 0.2) is 0 Å². The molecule has 1 fully saturated rings. The van der Waals surface area contributed by atoms with Crippen molar-refractivity contribution in [3.63, 3.8) is 0 Å². The first-order valence-corrected chi connectivity index (χ1v) is 8.41. The van der Waals surface area contributed by atoms with Crippen molar-refractivity contribution < 1.29 is 4.79 Å². The summed E-state index contributed by atoms with van der Waals surface area (Å²) in [6.07, 6.45) is 5.05. The second-order valence-electron chi connectivity index (χ2n) is 6.86. The lowest BCUT2D eigenvalue weighted by molar-refractivity contribution is -0.121. The Morgan fingerprint density at radius 2 is 1.86 bits per heavy atom. The van der Waals surface area contributed by atoms with E-state index in [1.165, 1.54) is 45.4 Å². The summed E-state index contributed by atoms with van der Waals surface area (Å²) in [5.41, 5.74) is 9.58. The van der Waals surface area contributed by atoms with Crippen LogP contribution in [0.2, 0.25) is 0 Å². The van der Waals surface area contributed by atoms with Crippen molar-refractivity contribution >= 4 is 5.78 Å². The first kappa shape index (κ1) is 13.8. The van der Waals surface area contributed by atoms with Crippen LogP contribution in [0.5, 0.6) is 0 Å². The number of fused-ring (bicyclic) bond motifs is 3. The van der Waals surface area contributed by atoms with Gasteiger partial charge in [-0.3, -0.25) is 4.79 Å². The molecule has 0 amide bonds. The first-order chi connectivity index (χ1) is 10.7. The first-order valence-electron chi connectivity index (χ1n) is 8.41. The summed E-state index contributed by atoms with van der Waals surface area (Å²) in [7, 11) is 0. The van der Waals surface area contributed by atoms with Crippen LogP contribution in [0.25, 0.3) is 11.1 Å². The van der Waals surface area contributed by atoms with E-state index in [9.17, 15) is 4.79 Å². The summed E-state index contributed by atoms with van der Waals surface area (Å²) in [5, 5.41) is 0. The highest BCUT2D eigenvalue weighted by Crippen LogP contribution is 2.45. The number of hydrogen-bond acceptors (Lipinski definition) is 1. The van der Waals surface area contributed by atoms with Gasteiger partial charge in [0.05, 0.1) is 0 Å². The molecule has 4 rings (SSSR count). The summed E-state index contributed by atoms with van der Waals surface area (Å²) in [5.74, 6) is 0.592. The lowest BCUT2D eigenvalue weighted by atomic mass is 9.77. The van der Waals surface area contributed by atoms with Crippen LogP contribution in [0.4, 0.5) is 0 Å². The molecule has 0 N–H and O–H groups in total. The minimum atomic E-state index is 0.136. The van der Waals surface area contributed by atoms with Gasteiger partial charge >= 0.3 is 0 Å². The number of aryl methyl sites for hydroxylation is 1. The second kappa shape index (κ2) is 5.08. The van der Waals surface area contributed by atoms with Gasteiger partial charge in [0, 0.05) is 12.3 Å². The molecular weight excluding hydrogens is 268 g/mol. The van der Waals surface area contributed by atoms with Crippen molar-refractivity contribution in [2.75, 3.05) is 0 Å². The Labute approximate surface area is 132 Å². The summed E-state index contributed by atoms with van der Waals surface area (Å²) >= 11 is 0. The van der Waals surface area contributed by atoms with Gasteiger partial charge in [0.1, 0.15) is 5.78 Å². The maximum Gasteiger partial charge on any atom is 0.140 e. The van der Waals surface area contributed by atoms with E-state index in [1.807, 2.05) is 0 Å². The summed E-state index contributed by atoms with van der Waals surface area (Å²) < 4.78 is 0. The number of benzene rings is 2. The Bertz CT molecular complexity index is 770. The fraction of sp³-hybridized carbons (Fsp3) is 0.381. The van der Waals surface area contributed by atoms with Crippen LogP contribution in [0.15, 0.2) is 30.3 Å². The third kappa shape index (κ3) is 1.95. The molecule has 0 heterocycles. The van der Waals surface area contributed by atoms with Gasteiger partial charge < -0.3 is 0 Å². The zero-order valence-corrected chi connectivity index (χ0v) is 13.4. The average Bonchev–Trinajstić information content (AvgIpc) is 2.88. The molecular formula is C21H22O. The minimum Gasteiger partial charge on any atom is -0.299 e. The molecule has 2 aliphatic carbocycles. The number of rotatable bonds is 1. The van der Waals surface area contributed by atoms with Crippen molar-refractivity contribution in [2.45, 2.75) is 51.9 Å². The highest BCUT2D eigenvalue weighted by Gasteiger charge is 2.31. The fourth-order valence-electron chi connectivity index (χ4n) is 4.31. The molecule has 0 bridgehead atoms. The van der Waals surface area contributed by atoms with Gasteiger partial charge in [0.2, 0.25) is 0 Å². The number of carbonyl (C=O) groups excluding carboxylic acids is 1. The maximum absolute atomic E-state index is 12.5. The molecule has 1 atom stereocenters. The Kier molecular flexibility index (Phi) is 3.18. The van der Waals surface area contributed by atoms with Gasteiger partial charge in [-0.15, -0.1) is 0 Å². The Morgan fingerprint density at radius 1 is 1.05 bits per heavy atom. The zero-order valence-electron chi connectivity index (χ0n) is 13.4. The third-order valence-corrected chi connectivity index (χ3v) is 5.58. The van der Waals surface area contributed by atoms with E-state index >= 15 is 0 Å². The van der Waals surface area contributed by atoms with Crippen molar-refractivity contribution in [1.29, 1.82) is 0 Å². The Morgan fingerprint density at radius 3 is 2.68 bits per heavy atom. The van der Waals surface area contributed by atoms with Crippen LogP contribution < -0.4 is 0 Å². The van der Waals surface area contributed by atoms with E-state index in [-0.39, 0.29) is 5.92 Å². The fourth-order valence-corrected chi connectivity index (χ4v) is 4.31. The number of hydrogen-bond donors (Lipinski definition) is 0. The molecule has 0 radical (unpaired) electrons. The number of Topliss-reactive ketones (excluding diaryl/α,β-unsaturated/α-hetero) is 1. The molecule has 2 aromatic rings. The van der Waals surface area contributed by atoms with Crippen molar-refractivity contribution in [3.8, 4) is 11.1 Å². The zero-order chi connectivity index (χ0) is 15.3. The molecule has 0 aromatic heterocycles. The molecule has 112 valence electrons. The molecule has 1 saturated carbocycles. The summed E-state index contributed by atoms with van der Waals surface area (Å²) in [6.45, 7) is 4.39. The van der Waals surface area contributed by atoms with Gasteiger partial charge in [-0.1, -0.05) is 36.8 Å². The van der Waals surface area contributed by atoms with E-state index < -0.39 is 0 Å². The molecule has 0 spiro atoms. The molecule has 2 aromatic carbocycles. The summed E-state index contributed by atoms with van der Waals surface area (Å²) in [4.78, 5) is 12.5. The summed E-state index contributed by atoms with van der Waals surface area (Å²) in [6, 6.07) is 11.0. The Hall–Kier alpha value is -1.89. The Balaban J connectivity index is 1.93. The number of ketones is 1. The normalized spacial score (nSPS) is 19.9. The monoisotopic (exact) mass is 290 g/mol.